The highest BCUT2D eigenvalue weighted by Gasteiger charge is 2.21. The highest BCUT2D eigenvalue weighted by molar-refractivity contribution is 6.12. The van der Waals surface area contributed by atoms with Crippen LogP contribution in [0.1, 0.15) is 11.1 Å². The van der Waals surface area contributed by atoms with Gasteiger partial charge in [0.2, 0.25) is 0 Å². The van der Waals surface area contributed by atoms with Gasteiger partial charge in [0.1, 0.15) is 11.6 Å². The molecule has 5 nitrogen and oxygen atoms in total. The van der Waals surface area contributed by atoms with Crippen molar-refractivity contribution >= 4 is 54.6 Å². The summed E-state index contributed by atoms with van der Waals surface area (Å²) in [6.07, 6.45) is 0.976. The molecule has 9 aromatic carbocycles. The molecule has 0 fully saturated rings. The van der Waals surface area contributed by atoms with Crippen LogP contribution in [0, 0.1) is 0 Å². The number of hydrogen-bond donors (Lipinski definition) is 0. The first-order chi connectivity index (χ1) is 30.5. The molecule has 1 aliphatic rings. The van der Waals surface area contributed by atoms with Crippen LogP contribution in [0.2, 0.25) is 0 Å². The van der Waals surface area contributed by atoms with Crippen molar-refractivity contribution in [2.24, 2.45) is 14.1 Å². The zero-order valence-corrected chi connectivity index (χ0v) is 34.3. The molecule has 0 saturated heterocycles. The first-order valence-corrected chi connectivity index (χ1v) is 21.3. The van der Waals surface area contributed by atoms with Gasteiger partial charge in [0.05, 0.1) is 33.1 Å². The SMILES string of the molecule is Cn1c(-c2cccc(-n3c4ccc(-c5cccc6ccccc56)cc4c4ccc(-c5nc6cc(-c7ccc8c(c7)Cc7ccccc7-8)ccc6n5C)cc43)c2)nc2ccccc21. The molecule has 292 valence electrons. The Hall–Kier alpha value is -8.02. The van der Waals surface area contributed by atoms with Crippen molar-refractivity contribution in [3.05, 3.63) is 199 Å². The van der Waals surface area contributed by atoms with Crippen molar-refractivity contribution in [2.75, 3.05) is 0 Å². The number of para-hydroxylation sites is 2. The summed E-state index contributed by atoms with van der Waals surface area (Å²) >= 11 is 0. The third-order valence-electron chi connectivity index (χ3n) is 13.3. The third-order valence-corrected chi connectivity index (χ3v) is 13.3. The lowest BCUT2D eigenvalue weighted by molar-refractivity contribution is 0.958. The number of aryl methyl sites for hydroxylation is 2. The van der Waals surface area contributed by atoms with E-state index >= 15 is 0 Å². The van der Waals surface area contributed by atoms with Gasteiger partial charge in [-0.25, -0.2) is 9.97 Å². The van der Waals surface area contributed by atoms with Crippen LogP contribution in [0.15, 0.2) is 188 Å². The standard InChI is InChI=1S/C57H39N5/c1-60-53-20-8-7-19-50(53)58-56(60)40-14-9-15-43(31-40)62-52-27-24-39(46-18-10-13-35-11-3-5-16-44(35)46)32-49(52)48-26-22-41(34-55(48)62)57-59-51-33-37(23-28-54(51)61(57)2)36-21-25-47-42(29-36)30-38-12-4-6-17-45(38)47/h3-29,31-34H,30H2,1-2H3. The van der Waals surface area contributed by atoms with Gasteiger partial charge in [-0.05, 0) is 116 Å². The van der Waals surface area contributed by atoms with Crippen LogP contribution in [0.3, 0.4) is 0 Å². The van der Waals surface area contributed by atoms with Gasteiger partial charge in [-0.3, -0.25) is 0 Å². The topological polar surface area (TPSA) is 40.6 Å². The first kappa shape index (κ1) is 34.8. The molecule has 0 N–H and O–H groups in total. The fourth-order valence-electron chi connectivity index (χ4n) is 10.2. The van der Waals surface area contributed by atoms with Gasteiger partial charge < -0.3 is 13.7 Å². The molecular formula is C57H39N5. The molecule has 3 aromatic heterocycles. The Balaban J connectivity index is 0.969. The van der Waals surface area contributed by atoms with Crippen molar-refractivity contribution in [1.29, 1.82) is 0 Å². The van der Waals surface area contributed by atoms with Gasteiger partial charge in [0.15, 0.2) is 0 Å². The van der Waals surface area contributed by atoms with Crippen molar-refractivity contribution < 1.29 is 0 Å². The van der Waals surface area contributed by atoms with Crippen molar-refractivity contribution in [3.8, 4) is 61.8 Å². The van der Waals surface area contributed by atoms with Crippen LogP contribution in [0.25, 0.3) is 116 Å². The highest BCUT2D eigenvalue weighted by Crippen LogP contribution is 2.41. The van der Waals surface area contributed by atoms with Gasteiger partial charge in [-0.15, -0.1) is 0 Å². The molecule has 1 aliphatic carbocycles. The van der Waals surface area contributed by atoms with E-state index in [-0.39, 0.29) is 0 Å². The number of nitrogens with zero attached hydrogens (tertiary/aromatic N) is 5. The number of imidazole rings is 2. The van der Waals surface area contributed by atoms with Gasteiger partial charge >= 0.3 is 0 Å². The van der Waals surface area contributed by atoms with E-state index in [0.717, 1.165) is 68.0 Å². The fourth-order valence-corrected chi connectivity index (χ4v) is 10.2. The van der Waals surface area contributed by atoms with Crippen LogP contribution in [-0.2, 0) is 20.5 Å². The molecule has 0 spiro atoms. The molecule has 62 heavy (non-hydrogen) atoms. The second-order valence-corrected chi connectivity index (χ2v) is 16.8. The fraction of sp³-hybridized carbons (Fsp3) is 0.0526. The Morgan fingerprint density at radius 3 is 1.95 bits per heavy atom. The number of fused-ring (bicyclic) bond motifs is 9. The zero-order valence-electron chi connectivity index (χ0n) is 34.3. The number of rotatable bonds is 5. The summed E-state index contributed by atoms with van der Waals surface area (Å²) in [6, 6.07) is 68.6. The quantitative estimate of drug-likeness (QED) is 0.174. The molecular weight excluding hydrogens is 755 g/mol. The maximum Gasteiger partial charge on any atom is 0.140 e. The number of benzene rings is 9. The molecule has 0 unspecified atom stereocenters. The lowest BCUT2D eigenvalue weighted by Crippen LogP contribution is -1.97. The average molecular weight is 794 g/mol. The minimum Gasteiger partial charge on any atom is -0.327 e. The van der Waals surface area contributed by atoms with Crippen molar-refractivity contribution in [3.63, 3.8) is 0 Å². The predicted molar refractivity (Wildman–Crippen MR) is 257 cm³/mol. The summed E-state index contributed by atoms with van der Waals surface area (Å²) in [6.45, 7) is 0. The van der Waals surface area contributed by atoms with E-state index in [9.17, 15) is 0 Å². The van der Waals surface area contributed by atoms with E-state index in [2.05, 4.69) is 216 Å². The maximum absolute atomic E-state index is 5.35. The molecule has 0 amide bonds. The Kier molecular flexibility index (Phi) is 7.43. The van der Waals surface area contributed by atoms with E-state index in [1.165, 1.54) is 66.1 Å². The molecule has 0 radical (unpaired) electrons. The predicted octanol–water partition coefficient (Wildman–Crippen LogP) is 13.9. The van der Waals surface area contributed by atoms with Gasteiger partial charge in [-0.2, -0.15) is 0 Å². The Morgan fingerprint density at radius 2 is 1.03 bits per heavy atom. The molecule has 5 heteroatoms. The summed E-state index contributed by atoms with van der Waals surface area (Å²) in [5.74, 6) is 1.88. The number of aromatic nitrogens is 5. The van der Waals surface area contributed by atoms with Crippen LogP contribution in [-0.4, -0.2) is 23.7 Å². The van der Waals surface area contributed by atoms with E-state index in [0.29, 0.717) is 0 Å². The zero-order chi connectivity index (χ0) is 41.1. The normalized spacial score (nSPS) is 12.3. The number of hydrogen-bond acceptors (Lipinski definition) is 2. The lowest BCUT2D eigenvalue weighted by Gasteiger charge is -2.12. The molecule has 13 rings (SSSR count). The first-order valence-electron chi connectivity index (χ1n) is 21.3. The van der Waals surface area contributed by atoms with Gasteiger partial charge in [-0.1, -0.05) is 133 Å². The van der Waals surface area contributed by atoms with Crippen LogP contribution < -0.4 is 0 Å². The Labute approximate surface area is 358 Å². The van der Waals surface area contributed by atoms with Crippen LogP contribution >= 0.6 is 0 Å². The Bertz CT molecular complexity index is 3810. The molecule has 0 bridgehead atoms. The molecule has 0 saturated carbocycles. The maximum atomic E-state index is 5.35. The van der Waals surface area contributed by atoms with Crippen LogP contribution in [0.4, 0.5) is 0 Å². The monoisotopic (exact) mass is 793 g/mol. The van der Waals surface area contributed by atoms with Crippen molar-refractivity contribution in [2.45, 2.75) is 6.42 Å². The second-order valence-electron chi connectivity index (χ2n) is 16.8. The summed E-state index contributed by atoms with van der Waals surface area (Å²) in [5.41, 5.74) is 20.0. The highest BCUT2D eigenvalue weighted by atomic mass is 15.1. The summed E-state index contributed by atoms with van der Waals surface area (Å²) < 4.78 is 6.84. The van der Waals surface area contributed by atoms with Gasteiger partial charge in [0.25, 0.3) is 0 Å². The van der Waals surface area contributed by atoms with E-state index < -0.39 is 0 Å². The smallest absolute Gasteiger partial charge is 0.140 e. The van der Waals surface area contributed by atoms with E-state index in [1.807, 2.05) is 0 Å². The summed E-state index contributed by atoms with van der Waals surface area (Å²) in [5, 5.41) is 4.89. The van der Waals surface area contributed by atoms with Crippen LogP contribution in [0.5, 0.6) is 0 Å². The molecule has 0 atom stereocenters. The molecule has 0 aliphatic heterocycles. The summed E-state index contributed by atoms with van der Waals surface area (Å²) in [7, 11) is 4.23. The lowest BCUT2D eigenvalue weighted by atomic mass is 9.97. The molecule has 12 aromatic rings. The second kappa shape index (κ2) is 13.2. The minimum atomic E-state index is 0.935. The average Bonchev–Trinajstić information content (AvgIpc) is 4.06. The van der Waals surface area contributed by atoms with E-state index in [4.69, 9.17) is 9.97 Å². The van der Waals surface area contributed by atoms with Gasteiger partial charge in [0, 0.05) is 41.7 Å². The van der Waals surface area contributed by atoms with Crippen molar-refractivity contribution in [1.82, 2.24) is 23.7 Å². The Morgan fingerprint density at radius 1 is 0.371 bits per heavy atom. The minimum absolute atomic E-state index is 0.935. The third kappa shape index (κ3) is 5.21. The van der Waals surface area contributed by atoms with E-state index in [1.54, 1.807) is 0 Å². The summed E-state index contributed by atoms with van der Waals surface area (Å²) in [4.78, 5) is 10.4. The largest absolute Gasteiger partial charge is 0.327 e. The molecule has 3 heterocycles.